The Morgan fingerprint density at radius 1 is 1.48 bits per heavy atom. The third-order valence-corrected chi connectivity index (χ3v) is 4.13. The highest BCUT2D eigenvalue weighted by atomic mass is 16.5. The lowest BCUT2D eigenvalue weighted by Gasteiger charge is -2.30. The van der Waals surface area contributed by atoms with E-state index in [2.05, 4.69) is 39.7 Å². The van der Waals surface area contributed by atoms with Gasteiger partial charge in [0.05, 0.1) is 11.4 Å². The Hall–Kier alpha value is -2.31. The van der Waals surface area contributed by atoms with Gasteiger partial charge in [0.1, 0.15) is 12.4 Å². The summed E-state index contributed by atoms with van der Waals surface area (Å²) < 4.78 is 5.71. The quantitative estimate of drug-likeness (QED) is 0.881. The molecule has 6 nitrogen and oxygen atoms in total. The molecule has 0 saturated carbocycles. The van der Waals surface area contributed by atoms with Gasteiger partial charge in [-0.25, -0.2) is 0 Å². The van der Waals surface area contributed by atoms with Gasteiger partial charge in [0.2, 0.25) is 0 Å². The molecular weight excluding hydrogens is 290 g/mol. The van der Waals surface area contributed by atoms with Gasteiger partial charge >= 0.3 is 0 Å². The van der Waals surface area contributed by atoms with E-state index < -0.39 is 0 Å². The molecule has 1 aromatic heterocycles. The van der Waals surface area contributed by atoms with E-state index in [0.29, 0.717) is 13.2 Å². The fourth-order valence-corrected chi connectivity index (χ4v) is 2.75. The predicted octanol–water partition coefficient (Wildman–Crippen LogP) is 1.81. The van der Waals surface area contributed by atoms with Crippen molar-refractivity contribution in [3.05, 3.63) is 42.2 Å². The number of anilines is 1. The number of hydrogen-bond acceptors (Lipinski definition) is 5. The van der Waals surface area contributed by atoms with E-state index in [0.717, 1.165) is 47.0 Å². The standard InChI is InChI=1S/C17H23N5O/c1-12-11-23-16-5-4-13(8-15(16)22(12)3)17-14(9-19-20-17)10-21(2)7-6-18/h4-5,8-9H,1,6-7,10-11,18H2,2-3H3,(H,19,20). The van der Waals surface area contributed by atoms with E-state index in [1.54, 1.807) is 0 Å². The highest BCUT2D eigenvalue weighted by molar-refractivity contribution is 5.74. The molecule has 2 aromatic rings. The minimum Gasteiger partial charge on any atom is -0.485 e. The molecule has 6 heteroatoms. The molecule has 23 heavy (non-hydrogen) atoms. The highest BCUT2D eigenvalue weighted by Crippen LogP contribution is 2.37. The van der Waals surface area contributed by atoms with Gasteiger partial charge in [-0.15, -0.1) is 0 Å². The second-order valence-electron chi connectivity index (χ2n) is 5.88. The number of fused-ring (bicyclic) bond motifs is 1. The summed E-state index contributed by atoms with van der Waals surface area (Å²) in [6.45, 7) is 6.86. The van der Waals surface area contributed by atoms with E-state index in [1.807, 2.05) is 25.4 Å². The summed E-state index contributed by atoms with van der Waals surface area (Å²) in [6.07, 6.45) is 1.95. The summed E-state index contributed by atoms with van der Waals surface area (Å²) in [5, 5.41) is 7.40. The molecule has 0 bridgehead atoms. The van der Waals surface area contributed by atoms with E-state index in [9.17, 15) is 0 Å². The molecular formula is C17H23N5O. The predicted molar refractivity (Wildman–Crippen MR) is 92.5 cm³/mol. The van der Waals surface area contributed by atoms with Crippen LogP contribution in [-0.4, -0.2) is 48.9 Å². The van der Waals surface area contributed by atoms with Crippen LogP contribution in [0.3, 0.4) is 0 Å². The molecule has 0 fully saturated rings. The lowest BCUT2D eigenvalue weighted by molar-refractivity contribution is 0.336. The first-order chi connectivity index (χ1) is 11.1. The molecule has 3 N–H and O–H groups in total. The van der Waals surface area contributed by atoms with Crippen LogP contribution in [0.1, 0.15) is 5.56 Å². The lowest BCUT2D eigenvalue weighted by Crippen LogP contribution is -2.26. The second-order valence-corrected chi connectivity index (χ2v) is 5.88. The third-order valence-electron chi connectivity index (χ3n) is 4.13. The summed E-state index contributed by atoms with van der Waals surface area (Å²) in [5.74, 6) is 0.876. The van der Waals surface area contributed by atoms with Gasteiger partial charge < -0.3 is 20.3 Å². The Balaban J connectivity index is 1.91. The SMILES string of the molecule is C=C1COc2ccc(-c3n[nH]cc3CN(C)CCN)cc2N1C. The number of ether oxygens (including phenoxy) is 1. The minimum absolute atomic E-state index is 0.528. The Morgan fingerprint density at radius 3 is 3.09 bits per heavy atom. The van der Waals surface area contributed by atoms with Gasteiger partial charge in [-0.2, -0.15) is 5.10 Å². The minimum atomic E-state index is 0.528. The zero-order valence-corrected chi connectivity index (χ0v) is 13.7. The van der Waals surface area contributed by atoms with Crippen LogP contribution >= 0.6 is 0 Å². The van der Waals surface area contributed by atoms with Crippen molar-refractivity contribution in [1.82, 2.24) is 15.1 Å². The maximum absolute atomic E-state index is 5.71. The third kappa shape index (κ3) is 3.09. The lowest BCUT2D eigenvalue weighted by atomic mass is 10.1. The van der Waals surface area contributed by atoms with E-state index in [1.165, 1.54) is 0 Å². The Bertz CT molecular complexity index is 709. The Labute approximate surface area is 136 Å². The van der Waals surface area contributed by atoms with Crippen LogP contribution in [0.15, 0.2) is 36.7 Å². The van der Waals surface area contributed by atoms with Crippen molar-refractivity contribution in [1.29, 1.82) is 0 Å². The number of likely N-dealkylation sites (N-methyl/N-ethyl adjacent to an activating group) is 2. The van der Waals surface area contributed by atoms with Crippen molar-refractivity contribution in [2.24, 2.45) is 5.73 Å². The van der Waals surface area contributed by atoms with Crippen molar-refractivity contribution in [2.75, 3.05) is 38.7 Å². The first-order valence-corrected chi connectivity index (χ1v) is 7.70. The molecule has 1 aromatic carbocycles. The average Bonchev–Trinajstić information content (AvgIpc) is 2.99. The maximum Gasteiger partial charge on any atom is 0.143 e. The van der Waals surface area contributed by atoms with Crippen molar-refractivity contribution < 1.29 is 4.74 Å². The van der Waals surface area contributed by atoms with Gasteiger partial charge in [0.25, 0.3) is 0 Å². The second kappa shape index (κ2) is 6.44. The first-order valence-electron chi connectivity index (χ1n) is 7.70. The molecule has 0 atom stereocenters. The summed E-state index contributed by atoms with van der Waals surface area (Å²) >= 11 is 0. The fraction of sp³-hybridized carbons (Fsp3) is 0.353. The number of hydrogen-bond donors (Lipinski definition) is 2. The molecule has 1 aliphatic heterocycles. The summed E-state index contributed by atoms with van der Waals surface area (Å²) in [4.78, 5) is 4.25. The van der Waals surface area contributed by atoms with Gasteiger partial charge in [0.15, 0.2) is 0 Å². The fourth-order valence-electron chi connectivity index (χ4n) is 2.75. The number of H-pyrrole nitrogens is 1. The number of nitrogens with zero attached hydrogens (tertiary/aromatic N) is 3. The summed E-state index contributed by atoms with van der Waals surface area (Å²) in [7, 11) is 4.07. The normalized spacial score (nSPS) is 14.1. The van der Waals surface area contributed by atoms with Crippen LogP contribution in [0.25, 0.3) is 11.3 Å². The average molecular weight is 313 g/mol. The Kier molecular flexibility index (Phi) is 4.36. The molecule has 0 aliphatic carbocycles. The number of nitrogens with one attached hydrogen (secondary N) is 1. The maximum atomic E-state index is 5.71. The first kappa shape index (κ1) is 15.6. The van der Waals surface area contributed by atoms with Crippen LogP contribution in [0.4, 0.5) is 5.69 Å². The van der Waals surface area contributed by atoms with Crippen LogP contribution in [0, 0.1) is 0 Å². The molecule has 0 amide bonds. The monoisotopic (exact) mass is 313 g/mol. The molecule has 0 unspecified atom stereocenters. The van der Waals surface area contributed by atoms with Crippen LogP contribution in [0.5, 0.6) is 5.75 Å². The Morgan fingerprint density at radius 2 is 2.30 bits per heavy atom. The number of nitrogens with two attached hydrogens (primary N) is 1. The van der Waals surface area contributed by atoms with Gasteiger partial charge in [0, 0.05) is 49.7 Å². The molecule has 1 aliphatic rings. The van der Waals surface area contributed by atoms with Crippen LogP contribution < -0.4 is 15.4 Å². The number of aromatic amines is 1. The highest BCUT2D eigenvalue weighted by Gasteiger charge is 2.20. The summed E-state index contributed by atoms with van der Waals surface area (Å²) in [6, 6.07) is 6.14. The molecule has 2 heterocycles. The smallest absolute Gasteiger partial charge is 0.143 e. The van der Waals surface area contributed by atoms with Crippen molar-refractivity contribution >= 4 is 5.69 Å². The van der Waals surface area contributed by atoms with Crippen molar-refractivity contribution in [3.63, 3.8) is 0 Å². The largest absolute Gasteiger partial charge is 0.485 e. The van der Waals surface area contributed by atoms with E-state index in [4.69, 9.17) is 10.5 Å². The number of rotatable bonds is 5. The molecule has 122 valence electrons. The number of benzene rings is 1. The van der Waals surface area contributed by atoms with Gasteiger partial charge in [-0.05, 0) is 25.2 Å². The van der Waals surface area contributed by atoms with Crippen LogP contribution in [0.2, 0.25) is 0 Å². The summed E-state index contributed by atoms with van der Waals surface area (Å²) in [5.41, 5.74) is 10.8. The van der Waals surface area contributed by atoms with Crippen LogP contribution in [-0.2, 0) is 6.54 Å². The topological polar surface area (TPSA) is 70.4 Å². The van der Waals surface area contributed by atoms with Gasteiger partial charge in [-0.3, -0.25) is 5.10 Å². The molecule has 0 saturated heterocycles. The number of aromatic nitrogens is 2. The van der Waals surface area contributed by atoms with Gasteiger partial charge in [-0.1, -0.05) is 6.58 Å². The zero-order chi connectivity index (χ0) is 16.4. The van der Waals surface area contributed by atoms with Crippen molar-refractivity contribution in [3.8, 4) is 17.0 Å². The van der Waals surface area contributed by atoms with E-state index in [-0.39, 0.29) is 0 Å². The molecule has 0 spiro atoms. The van der Waals surface area contributed by atoms with Crippen molar-refractivity contribution in [2.45, 2.75) is 6.54 Å². The molecule has 0 radical (unpaired) electrons. The van der Waals surface area contributed by atoms with E-state index >= 15 is 0 Å². The zero-order valence-electron chi connectivity index (χ0n) is 13.7. The molecule has 3 rings (SSSR count).